The number of amides is 2. The van der Waals surface area contributed by atoms with Gasteiger partial charge in [0, 0.05) is 16.6 Å². The lowest BCUT2D eigenvalue weighted by Crippen LogP contribution is -2.42. The second-order valence-electron chi connectivity index (χ2n) is 5.46. The van der Waals surface area contributed by atoms with Crippen molar-refractivity contribution in [3.63, 3.8) is 0 Å². The molecule has 2 amide bonds. The molecule has 0 aliphatic carbocycles. The first-order valence-corrected chi connectivity index (χ1v) is 8.09. The van der Waals surface area contributed by atoms with Crippen LogP contribution in [0.3, 0.4) is 0 Å². The van der Waals surface area contributed by atoms with Crippen molar-refractivity contribution in [2.75, 3.05) is 18.7 Å². The van der Waals surface area contributed by atoms with Crippen LogP contribution in [0.1, 0.15) is 11.8 Å². The molecule has 7 nitrogen and oxygen atoms in total. The molecule has 0 unspecified atom stereocenters. The molecule has 0 bridgehead atoms. The average Bonchev–Trinajstić information content (AvgIpc) is 3.23. The summed E-state index contributed by atoms with van der Waals surface area (Å²) in [6.45, 7) is 1.64. The quantitative estimate of drug-likeness (QED) is 0.727. The summed E-state index contributed by atoms with van der Waals surface area (Å²) in [6, 6.07) is 8.42. The Balaban J connectivity index is 1.56. The van der Waals surface area contributed by atoms with Crippen LogP contribution in [0.25, 0.3) is 0 Å². The Hall–Kier alpha value is -2.58. The second-order valence-corrected chi connectivity index (χ2v) is 6.40. The van der Waals surface area contributed by atoms with E-state index in [1.807, 2.05) is 11.4 Å². The molecule has 126 valence electrons. The number of carbonyl (C=O) groups is 2. The molecule has 3 N–H and O–H groups in total. The van der Waals surface area contributed by atoms with Gasteiger partial charge in [0.05, 0.1) is 6.54 Å². The van der Waals surface area contributed by atoms with E-state index in [1.54, 1.807) is 31.2 Å². The van der Waals surface area contributed by atoms with Crippen molar-refractivity contribution in [1.29, 1.82) is 0 Å². The fraction of sp³-hybridized carbons (Fsp3) is 0.250. The zero-order chi connectivity index (χ0) is 17.2. The van der Waals surface area contributed by atoms with Crippen molar-refractivity contribution < 1.29 is 24.2 Å². The van der Waals surface area contributed by atoms with E-state index in [1.165, 1.54) is 11.3 Å². The number of carbonyl (C=O) groups excluding carboxylic acids is 2. The number of aliphatic hydroxyl groups is 1. The first-order valence-electron chi connectivity index (χ1n) is 7.21. The number of fused-ring (bicyclic) bond motifs is 1. The number of hydrogen-bond donors (Lipinski definition) is 3. The summed E-state index contributed by atoms with van der Waals surface area (Å²) in [5.41, 5.74) is -0.813. The van der Waals surface area contributed by atoms with Gasteiger partial charge >= 0.3 is 11.8 Å². The van der Waals surface area contributed by atoms with Crippen LogP contribution in [-0.4, -0.2) is 30.3 Å². The van der Waals surface area contributed by atoms with Crippen LogP contribution in [0.2, 0.25) is 0 Å². The van der Waals surface area contributed by atoms with Crippen LogP contribution in [0.15, 0.2) is 35.7 Å². The lowest BCUT2D eigenvalue weighted by molar-refractivity contribution is -0.136. The van der Waals surface area contributed by atoms with Crippen LogP contribution in [0.4, 0.5) is 5.69 Å². The average molecular weight is 348 g/mol. The normalized spacial score (nSPS) is 14.8. The summed E-state index contributed by atoms with van der Waals surface area (Å²) in [4.78, 5) is 24.6. The van der Waals surface area contributed by atoms with E-state index in [-0.39, 0.29) is 13.3 Å². The molecule has 8 heteroatoms. The Morgan fingerprint density at radius 1 is 1.25 bits per heavy atom. The maximum absolute atomic E-state index is 11.9. The highest BCUT2D eigenvalue weighted by molar-refractivity contribution is 7.10. The maximum Gasteiger partial charge on any atom is 0.313 e. The van der Waals surface area contributed by atoms with Gasteiger partial charge in [0.15, 0.2) is 11.5 Å². The van der Waals surface area contributed by atoms with Crippen molar-refractivity contribution >= 4 is 28.8 Å². The van der Waals surface area contributed by atoms with Gasteiger partial charge in [0.2, 0.25) is 6.79 Å². The molecule has 0 saturated carbocycles. The molecule has 1 aromatic heterocycles. The van der Waals surface area contributed by atoms with Gasteiger partial charge in [-0.25, -0.2) is 0 Å². The minimum absolute atomic E-state index is 0.0685. The monoisotopic (exact) mass is 348 g/mol. The summed E-state index contributed by atoms with van der Waals surface area (Å²) in [6.07, 6.45) is 0. The van der Waals surface area contributed by atoms with Crippen molar-refractivity contribution in [3.05, 3.63) is 40.6 Å². The van der Waals surface area contributed by atoms with Crippen LogP contribution in [0, 0.1) is 0 Å². The van der Waals surface area contributed by atoms with Crippen LogP contribution in [-0.2, 0) is 15.2 Å². The Bertz CT molecular complexity index is 758. The standard InChI is InChI=1S/C16H16N2O5S/c1-16(21,13-3-2-6-24-13)8-17-14(19)15(20)18-10-4-5-11-12(7-10)23-9-22-11/h2-7,21H,8-9H2,1H3,(H,17,19)(H,18,20)/t16-/m0/s1. The Kier molecular flexibility index (Phi) is 4.41. The number of thiophene rings is 1. The molecule has 2 aromatic rings. The highest BCUT2D eigenvalue weighted by Crippen LogP contribution is 2.34. The zero-order valence-electron chi connectivity index (χ0n) is 12.9. The number of nitrogens with one attached hydrogen (secondary N) is 2. The van der Waals surface area contributed by atoms with Crippen molar-refractivity contribution in [1.82, 2.24) is 5.32 Å². The van der Waals surface area contributed by atoms with Crippen molar-refractivity contribution in [3.8, 4) is 11.5 Å². The highest BCUT2D eigenvalue weighted by Gasteiger charge is 2.26. The summed E-state index contributed by atoms with van der Waals surface area (Å²) in [5, 5.41) is 17.1. The van der Waals surface area contributed by atoms with E-state index in [4.69, 9.17) is 9.47 Å². The SMILES string of the molecule is C[C@](O)(CNC(=O)C(=O)Nc1ccc2c(c1)OCO2)c1cccs1. The third-order valence-corrected chi connectivity index (χ3v) is 4.60. The fourth-order valence-corrected chi connectivity index (χ4v) is 2.95. The Morgan fingerprint density at radius 3 is 2.79 bits per heavy atom. The number of rotatable bonds is 4. The lowest BCUT2D eigenvalue weighted by atomic mass is 10.1. The van der Waals surface area contributed by atoms with E-state index in [2.05, 4.69) is 10.6 Å². The first-order chi connectivity index (χ1) is 11.5. The molecule has 3 rings (SSSR count). The van der Waals surface area contributed by atoms with Gasteiger partial charge < -0.3 is 25.2 Å². The van der Waals surface area contributed by atoms with Gasteiger partial charge in [-0.2, -0.15) is 0 Å². The molecule has 0 saturated heterocycles. The van der Waals surface area contributed by atoms with Crippen LogP contribution in [0.5, 0.6) is 11.5 Å². The van der Waals surface area contributed by atoms with Gasteiger partial charge in [-0.05, 0) is 30.5 Å². The zero-order valence-corrected chi connectivity index (χ0v) is 13.7. The largest absolute Gasteiger partial charge is 0.454 e. The molecule has 0 spiro atoms. The van der Waals surface area contributed by atoms with Crippen molar-refractivity contribution in [2.45, 2.75) is 12.5 Å². The number of hydrogen-bond acceptors (Lipinski definition) is 6. The molecular weight excluding hydrogens is 332 g/mol. The molecule has 1 aliphatic heterocycles. The summed E-state index contributed by atoms with van der Waals surface area (Å²) < 4.78 is 10.4. The molecule has 1 aliphatic rings. The molecule has 1 atom stereocenters. The van der Waals surface area contributed by atoms with Gasteiger partial charge in [-0.3, -0.25) is 9.59 Å². The molecule has 0 radical (unpaired) electrons. The summed E-state index contributed by atoms with van der Waals surface area (Å²) in [5.74, 6) is -0.557. The molecule has 2 heterocycles. The molecular formula is C16H16N2O5S. The third kappa shape index (κ3) is 3.50. The number of benzene rings is 1. The summed E-state index contributed by atoms with van der Waals surface area (Å²) >= 11 is 1.38. The van der Waals surface area contributed by atoms with Crippen LogP contribution >= 0.6 is 11.3 Å². The third-order valence-electron chi connectivity index (χ3n) is 3.48. The predicted molar refractivity (Wildman–Crippen MR) is 88.1 cm³/mol. The fourth-order valence-electron chi connectivity index (χ4n) is 2.17. The van der Waals surface area contributed by atoms with Gasteiger partial charge in [0.1, 0.15) is 5.60 Å². The first kappa shape index (κ1) is 16.3. The molecule has 24 heavy (non-hydrogen) atoms. The molecule has 0 fully saturated rings. The Labute approximate surface area is 142 Å². The van der Waals surface area contributed by atoms with Crippen molar-refractivity contribution in [2.24, 2.45) is 0 Å². The van der Waals surface area contributed by atoms with E-state index in [0.29, 0.717) is 22.1 Å². The van der Waals surface area contributed by atoms with Gasteiger partial charge in [-0.1, -0.05) is 6.07 Å². The van der Waals surface area contributed by atoms with E-state index in [9.17, 15) is 14.7 Å². The lowest BCUT2D eigenvalue weighted by Gasteiger charge is -2.22. The Morgan fingerprint density at radius 2 is 2.04 bits per heavy atom. The van der Waals surface area contributed by atoms with E-state index >= 15 is 0 Å². The molecule has 1 aromatic carbocycles. The number of anilines is 1. The second kappa shape index (κ2) is 6.50. The number of ether oxygens (including phenoxy) is 2. The van der Waals surface area contributed by atoms with Gasteiger partial charge in [-0.15, -0.1) is 11.3 Å². The van der Waals surface area contributed by atoms with E-state index in [0.717, 1.165) is 0 Å². The van der Waals surface area contributed by atoms with Crippen LogP contribution < -0.4 is 20.1 Å². The smallest absolute Gasteiger partial charge is 0.313 e. The predicted octanol–water partition coefficient (Wildman–Crippen LogP) is 1.44. The minimum atomic E-state index is -1.23. The minimum Gasteiger partial charge on any atom is -0.454 e. The maximum atomic E-state index is 11.9. The topological polar surface area (TPSA) is 96.9 Å². The summed E-state index contributed by atoms with van der Waals surface area (Å²) in [7, 11) is 0. The van der Waals surface area contributed by atoms with E-state index < -0.39 is 17.4 Å². The highest BCUT2D eigenvalue weighted by atomic mass is 32.1. The van der Waals surface area contributed by atoms with Gasteiger partial charge in [0.25, 0.3) is 0 Å².